The van der Waals surface area contributed by atoms with Gasteiger partial charge in [0.15, 0.2) is 5.65 Å². The van der Waals surface area contributed by atoms with Crippen LogP contribution in [0.5, 0.6) is 0 Å². The van der Waals surface area contributed by atoms with Gasteiger partial charge in [0, 0.05) is 35.1 Å². The molecule has 0 unspecified atom stereocenters. The summed E-state index contributed by atoms with van der Waals surface area (Å²) in [6.07, 6.45) is 6.14. The van der Waals surface area contributed by atoms with E-state index in [2.05, 4.69) is 61.4 Å². The number of hydrogen-bond acceptors (Lipinski definition) is 6. The third-order valence-corrected chi connectivity index (χ3v) is 7.55. The first-order chi connectivity index (χ1) is 18.1. The number of aryl methyl sites for hydroxylation is 1. The van der Waals surface area contributed by atoms with Gasteiger partial charge in [0.1, 0.15) is 22.5 Å². The number of H-pyrrole nitrogens is 1. The molecule has 1 aliphatic carbocycles. The number of ether oxygens (including phenoxy) is 1. The Morgan fingerprint density at radius 2 is 1.97 bits per heavy atom. The van der Waals surface area contributed by atoms with Crippen LogP contribution < -0.4 is 10.6 Å². The minimum Gasteiger partial charge on any atom is -0.444 e. The van der Waals surface area contributed by atoms with Crippen LogP contribution in [0.3, 0.4) is 0 Å². The van der Waals surface area contributed by atoms with Crippen molar-refractivity contribution in [2.24, 2.45) is 7.05 Å². The number of carbonyl (C=O) groups is 2. The molecule has 11 heteroatoms. The molecule has 3 N–H and O–H groups in total. The number of alkyl halides is 1. The Labute approximate surface area is 234 Å². The summed E-state index contributed by atoms with van der Waals surface area (Å²) in [7, 11) is 1.92. The van der Waals surface area contributed by atoms with Gasteiger partial charge in [-0.25, -0.2) is 14.8 Å². The zero-order valence-corrected chi connectivity index (χ0v) is 24.1. The largest absolute Gasteiger partial charge is 0.444 e. The standard InChI is InChI=1S/C27H32IN7O3/c1-27(2,3)38-26(37)32-17-7-5-6-16(11-17)31-25(36)19-13-29-24-23(19)33-20(14-30-24)22-18-9-8-15(12-28)10-21(18)35(4)34-22/h8-10,13-14,16-17H,5-7,11-12H2,1-4H3,(H,29,30)(H,31,36)(H,32,37)/t16-,17-/m1/s1. The van der Waals surface area contributed by atoms with E-state index < -0.39 is 11.7 Å². The average molecular weight is 630 g/mol. The normalized spacial score (nSPS) is 18.0. The van der Waals surface area contributed by atoms with Crippen molar-refractivity contribution in [2.45, 2.75) is 68.6 Å². The lowest BCUT2D eigenvalue weighted by molar-refractivity contribution is 0.0489. The first kappa shape index (κ1) is 26.4. The Bertz CT molecular complexity index is 1500. The van der Waals surface area contributed by atoms with E-state index in [1.807, 2.05) is 32.5 Å². The number of carbonyl (C=O) groups excluding carboxylic acids is 2. The summed E-state index contributed by atoms with van der Waals surface area (Å²) in [4.78, 5) is 37.9. The highest BCUT2D eigenvalue weighted by Gasteiger charge is 2.27. The molecule has 3 aromatic heterocycles. The smallest absolute Gasteiger partial charge is 0.407 e. The van der Waals surface area contributed by atoms with Crippen molar-refractivity contribution in [2.75, 3.05) is 0 Å². The summed E-state index contributed by atoms with van der Waals surface area (Å²) < 4.78 is 8.15. The lowest BCUT2D eigenvalue weighted by Crippen LogP contribution is -2.46. The second-order valence-corrected chi connectivity index (χ2v) is 11.6. The molecule has 1 fully saturated rings. The SMILES string of the molecule is Cn1nc(-c2cnc3[nH]cc(C(=O)N[C@@H]4CCC[C@@H](NC(=O)OC(C)(C)C)C4)c3n2)c2ccc(CI)cc21. The quantitative estimate of drug-likeness (QED) is 0.211. The Hall–Kier alpha value is -3.22. The number of halogens is 1. The molecule has 0 saturated heterocycles. The van der Waals surface area contributed by atoms with Crippen LogP contribution in [0, 0.1) is 0 Å². The first-order valence-electron chi connectivity index (χ1n) is 12.8. The van der Waals surface area contributed by atoms with Gasteiger partial charge < -0.3 is 20.4 Å². The molecule has 1 saturated carbocycles. The molecule has 2 amide bonds. The molecule has 0 spiro atoms. The highest BCUT2D eigenvalue weighted by Crippen LogP contribution is 2.29. The van der Waals surface area contributed by atoms with Crippen molar-refractivity contribution in [3.05, 3.63) is 41.7 Å². The molecule has 4 aromatic rings. The fourth-order valence-corrected chi connectivity index (χ4v) is 5.42. The number of aromatic amines is 1. The van der Waals surface area contributed by atoms with Crippen LogP contribution in [-0.4, -0.2) is 54.4 Å². The number of hydrogen-bond donors (Lipinski definition) is 3. The van der Waals surface area contributed by atoms with Crippen molar-refractivity contribution in [1.29, 1.82) is 0 Å². The maximum Gasteiger partial charge on any atom is 0.407 e. The summed E-state index contributed by atoms with van der Waals surface area (Å²) in [6.45, 7) is 5.51. The van der Waals surface area contributed by atoms with Crippen LogP contribution in [0.2, 0.25) is 0 Å². The Morgan fingerprint density at radius 1 is 1.21 bits per heavy atom. The Morgan fingerprint density at radius 3 is 2.71 bits per heavy atom. The summed E-state index contributed by atoms with van der Waals surface area (Å²) in [5.41, 5.74) is 4.51. The second kappa shape index (κ2) is 10.5. The van der Waals surface area contributed by atoms with Gasteiger partial charge in [0.25, 0.3) is 5.91 Å². The fourth-order valence-electron chi connectivity index (χ4n) is 4.94. The minimum atomic E-state index is -0.554. The van der Waals surface area contributed by atoms with E-state index in [9.17, 15) is 9.59 Å². The third kappa shape index (κ3) is 5.62. The number of nitrogens with zero attached hydrogens (tertiary/aromatic N) is 4. The van der Waals surface area contributed by atoms with Crippen LogP contribution in [-0.2, 0) is 16.2 Å². The van der Waals surface area contributed by atoms with Gasteiger partial charge >= 0.3 is 6.09 Å². The summed E-state index contributed by atoms with van der Waals surface area (Å²) in [6, 6.07) is 6.17. The molecule has 0 radical (unpaired) electrons. The molecule has 200 valence electrons. The van der Waals surface area contributed by atoms with Crippen LogP contribution in [0.15, 0.2) is 30.6 Å². The van der Waals surface area contributed by atoms with Gasteiger partial charge in [-0.05, 0) is 58.1 Å². The molecule has 1 aliphatic rings. The maximum absolute atomic E-state index is 13.3. The number of alkyl carbamates (subject to hydrolysis) is 1. The van der Waals surface area contributed by atoms with Gasteiger partial charge in [-0.1, -0.05) is 34.7 Å². The van der Waals surface area contributed by atoms with Gasteiger partial charge in [0.2, 0.25) is 0 Å². The predicted octanol–water partition coefficient (Wildman–Crippen LogP) is 5.01. The van der Waals surface area contributed by atoms with Crippen molar-refractivity contribution >= 4 is 56.7 Å². The van der Waals surface area contributed by atoms with Crippen LogP contribution >= 0.6 is 22.6 Å². The summed E-state index contributed by atoms with van der Waals surface area (Å²) in [5.74, 6) is -0.219. The summed E-state index contributed by atoms with van der Waals surface area (Å²) >= 11 is 2.35. The molecular formula is C27H32IN7O3. The number of benzene rings is 1. The first-order valence-corrected chi connectivity index (χ1v) is 14.3. The molecule has 0 aliphatic heterocycles. The van der Waals surface area contributed by atoms with E-state index in [1.165, 1.54) is 5.56 Å². The van der Waals surface area contributed by atoms with Crippen LogP contribution in [0.1, 0.15) is 62.4 Å². The van der Waals surface area contributed by atoms with E-state index >= 15 is 0 Å². The molecule has 2 atom stereocenters. The van der Waals surface area contributed by atoms with Crippen molar-refractivity contribution in [3.8, 4) is 11.4 Å². The zero-order valence-electron chi connectivity index (χ0n) is 22.0. The predicted molar refractivity (Wildman–Crippen MR) is 154 cm³/mol. The molecule has 5 rings (SSSR count). The van der Waals surface area contributed by atoms with Crippen molar-refractivity contribution in [1.82, 2.24) is 35.4 Å². The monoisotopic (exact) mass is 629 g/mol. The van der Waals surface area contributed by atoms with Crippen LogP contribution in [0.25, 0.3) is 33.5 Å². The second-order valence-electron chi connectivity index (χ2n) is 10.8. The molecule has 10 nitrogen and oxygen atoms in total. The lowest BCUT2D eigenvalue weighted by atomic mass is 9.91. The average Bonchev–Trinajstić information content (AvgIpc) is 3.43. The number of rotatable bonds is 5. The molecule has 1 aromatic carbocycles. The minimum absolute atomic E-state index is 0.0524. The number of nitrogens with one attached hydrogen (secondary N) is 3. The van der Waals surface area contributed by atoms with Crippen molar-refractivity contribution < 1.29 is 14.3 Å². The van der Waals surface area contributed by atoms with Gasteiger partial charge in [0.05, 0.1) is 17.3 Å². The Kier molecular flexibility index (Phi) is 7.30. The van der Waals surface area contributed by atoms with Crippen molar-refractivity contribution in [3.63, 3.8) is 0 Å². The third-order valence-electron chi connectivity index (χ3n) is 6.67. The highest BCUT2D eigenvalue weighted by atomic mass is 127. The fraction of sp³-hybridized carbons (Fsp3) is 0.444. The van der Waals surface area contributed by atoms with E-state index in [0.29, 0.717) is 28.8 Å². The zero-order chi connectivity index (χ0) is 27.0. The number of aromatic nitrogens is 5. The van der Waals surface area contributed by atoms with Crippen LogP contribution in [0.4, 0.5) is 4.79 Å². The summed E-state index contributed by atoms with van der Waals surface area (Å²) in [5, 5.41) is 11.8. The van der Waals surface area contributed by atoms with Gasteiger partial charge in [-0.3, -0.25) is 9.48 Å². The maximum atomic E-state index is 13.3. The van der Waals surface area contributed by atoms with E-state index in [4.69, 9.17) is 14.8 Å². The molecule has 38 heavy (non-hydrogen) atoms. The Balaban J connectivity index is 1.34. The van der Waals surface area contributed by atoms with Gasteiger partial charge in [-0.2, -0.15) is 5.10 Å². The van der Waals surface area contributed by atoms with E-state index in [-0.39, 0.29) is 18.0 Å². The highest BCUT2D eigenvalue weighted by molar-refractivity contribution is 14.1. The van der Waals surface area contributed by atoms with E-state index in [1.54, 1.807) is 12.4 Å². The molecular weight excluding hydrogens is 597 g/mol. The molecule has 3 heterocycles. The lowest BCUT2D eigenvalue weighted by Gasteiger charge is -2.31. The number of fused-ring (bicyclic) bond motifs is 2. The number of amides is 2. The molecule has 0 bridgehead atoms. The topological polar surface area (TPSA) is 127 Å². The van der Waals surface area contributed by atoms with E-state index in [0.717, 1.165) is 40.3 Å². The van der Waals surface area contributed by atoms with Gasteiger partial charge in [-0.15, -0.1) is 0 Å².